The van der Waals surface area contributed by atoms with E-state index in [4.69, 9.17) is 11.5 Å². The highest BCUT2D eigenvalue weighted by Gasteiger charge is 2.31. The van der Waals surface area contributed by atoms with Gasteiger partial charge >= 0.3 is 11.7 Å². The lowest BCUT2D eigenvalue weighted by atomic mass is 10.1. The van der Waals surface area contributed by atoms with Crippen molar-refractivity contribution in [3.8, 4) is 5.69 Å². The molecule has 0 aliphatic carbocycles. The Morgan fingerprint density at radius 1 is 1.06 bits per heavy atom. The summed E-state index contributed by atoms with van der Waals surface area (Å²) < 4.78 is 1.44. The molecule has 4 rings (SSSR count). The van der Waals surface area contributed by atoms with Crippen LogP contribution < -0.4 is 22.5 Å². The van der Waals surface area contributed by atoms with Crippen molar-refractivity contribution < 1.29 is 9.59 Å². The molecule has 3 heterocycles. The van der Waals surface area contributed by atoms with Gasteiger partial charge in [0.05, 0.1) is 11.2 Å². The molecule has 0 saturated carbocycles. The van der Waals surface area contributed by atoms with Crippen molar-refractivity contribution >= 4 is 17.8 Å². The monoisotopic (exact) mass is 496 g/mol. The summed E-state index contributed by atoms with van der Waals surface area (Å²) in [5.41, 5.74) is 12.3. The van der Waals surface area contributed by atoms with Crippen LogP contribution in [0.5, 0.6) is 0 Å². The minimum absolute atomic E-state index is 0.141. The Kier molecular flexibility index (Phi) is 7.72. The van der Waals surface area contributed by atoms with E-state index in [9.17, 15) is 14.4 Å². The molecule has 2 fully saturated rings. The maximum atomic E-state index is 12.6. The fraction of sp³-hybridized carbons (Fsp3) is 0.520. The van der Waals surface area contributed by atoms with Gasteiger partial charge in [-0.1, -0.05) is 12.1 Å². The van der Waals surface area contributed by atoms with Gasteiger partial charge in [0.1, 0.15) is 5.82 Å². The number of carbonyl (C=O) groups excluding carboxylic acids is 2. The molecule has 3 amide bonds. The number of benzene rings is 1. The number of nitrogens with two attached hydrogens (primary N) is 2. The van der Waals surface area contributed by atoms with Gasteiger partial charge in [-0.3, -0.25) is 14.7 Å². The molecule has 2 aromatic rings. The lowest BCUT2D eigenvalue weighted by Gasteiger charge is -2.37. The van der Waals surface area contributed by atoms with Gasteiger partial charge < -0.3 is 26.2 Å². The average Bonchev–Trinajstić information content (AvgIpc) is 3.27. The number of nitrogens with zero attached hydrogens (tertiary/aromatic N) is 5. The Hall–Kier alpha value is -3.28. The summed E-state index contributed by atoms with van der Waals surface area (Å²) >= 11 is 0. The summed E-state index contributed by atoms with van der Waals surface area (Å²) in [4.78, 5) is 47.3. The predicted molar refractivity (Wildman–Crippen MR) is 138 cm³/mol. The zero-order valence-corrected chi connectivity index (χ0v) is 21.0. The number of piperazine rings is 1. The molecule has 11 heteroatoms. The van der Waals surface area contributed by atoms with Crippen LogP contribution in [0.2, 0.25) is 0 Å². The predicted octanol–water partition coefficient (Wildman–Crippen LogP) is 0.221. The third kappa shape index (κ3) is 6.28. The maximum absolute atomic E-state index is 12.6. The third-order valence-corrected chi connectivity index (χ3v) is 6.68. The Morgan fingerprint density at radius 2 is 1.72 bits per heavy atom. The fourth-order valence-electron chi connectivity index (χ4n) is 4.55. The molecule has 36 heavy (non-hydrogen) atoms. The summed E-state index contributed by atoms with van der Waals surface area (Å²) in [5, 5.41) is 2.68. The highest BCUT2D eigenvalue weighted by Crippen LogP contribution is 2.13. The van der Waals surface area contributed by atoms with Gasteiger partial charge in [0.2, 0.25) is 5.91 Å². The maximum Gasteiger partial charge on any atom is 0.354 e. The Morgan fingerprint density at radius 3 is 2.31 bits per heavy atom. The fourth-order valence-corrected chi connectivity index (χ4v) is 4.55. The van der Waals surface area contributed by atoms with Crippen molar-refractivity contribution in [1.82, 2.24) is 24.3 Å². The summed E-state index contributed by atoms with van der Waals surface area (Å²) in [5.74, 6) is 0.0421. The van der Waals surface area contributed by atoms with E-state index in [1.54, 1.807) is 35.9 Å². The number of urea groups is 1. The number of aromatic nitrogens is 2. The van der Waals surface area contributed by atoms with Gasteiger partial charge in [0, 0.05) is 51.5 Å². The first kappa shape index (κ1) is 25.8. The van der Waals surface area contributed by atoms with Crippen LogP contribution in [-0.2, 0) is 11.2 Å². The number of hydrogen-bond acceptors (Lipinski definition) is 7. The largest absolute Gasteiger partial charge is 0.354 e. The molecule has 1 aromatic carbocycles. The first-order valence-corrected chi connectivity index (χ1v) is 12.4. The molecule has 0 radical (unpaired) electrons. The molecule has 5 N–H and O–H groups in total. The van der Waals surface area contributed by atoms with E-state index in [2.05, 4.69) is 15.2 Å². The molecule has 1 aromatic heterocycles. The van der Waals surface area contributed by atoms with E-state index in [-0.39, 0.29) is 23.8 Å². The van der Waals surface area contributed by atoms with Crippen molar-refractivity contribution in [3.05, 3.63) is 52.6 Å². The molecule has 1 unspecified atom stereocenters. The van der Waals surface area contributed by atoms with E-state index < -0.39 is 11.2 Å². The van der Waals surface area contributed by atoms with Gasteiger partial charge in [-0.25, -0.2) is 9.59 Å². The number of hydrogen-bond donors (Lipinski definition) is 3. The first-order chi connectivity index (χ1) is 17.1. The number of carbonyl (C=O) groups is 2. The standard InChI is InChI=1S/C25H36N8O3/c1-25(2,27)22(34)31-13-15-32(16-14-31)23(35)28-21-9-12-33(24(36)29-21)20-5-3-18(4-6-20)7-10-30-11-8-19(26)17-30/h3-6,9,12,19H,7-8,10-11,13-17,26-27H2,1-2H3,(H,28,29,35,36). The lowest BCUT2D eigenvalue weighted by Crippen LogP contribution is -2.58. The Balaban J connectivity index is 1.31. The first-order valence-electron chi connectivity index (χ1n) is 12.4. The molecule has 194 valence electrons. The molecule has 0 bridgehead atoms. The van der Waals surface area contributed by atoms with Crippen LogP contribution in [0.3, 0.4) is 0 Å². The minimum Gasteiger partial charge on any atom is -0.338 e. The van der Waals surface area contributed by atoms with Crippen molar-refractivity contribution in [2.75, 3.05) is 51.1 Å². The summed E-state index contributed by atoms with van der Waals surface area (Å²) in [6, 6.07) is 9.35. The zero-order valence-electron chi connectivity index (χ0n) is 21.0. The normalized spacial score (nSPS) is 18.9. The SMILES string of the molecule is CC(C)(N)C(=O)N1CCN(C(=O)Nc2ccn(-c3ccc(CCN4CCC(N)C4)cc3)c(=O)n2)CC1. The number of amides is 3. The minimum atomic E-state index is -0.944. The van der Waals surface area contributed by atoms with Crippen molar-refractivity contribution in [1.29, 1.82) is 0 Å². The molecule has 2 aliphatic rings. The summed E-state index contributed by atoms with van der Waals surface area (Å²) in [7, 11) is 0. The molecule has 1 atom stereocenters. The number of rotatable bonds is 6. The molecule has 2 aliphatic heterocycles. The highest BCUT2D eigenvalue weighted by atomic mass is 16.2. The summed E-state index contributed by atoms with van der Waals surface area (Å²) in [6.07, 6.45) is 3.58. The molecule has 2 saturated heterocycles. The van der Waals surface area contributed by atoms with Crippen LogP contribution in [0.1, 0.15) is 25.8 Å². The van der Waals surface area contributed by atoms with Gasteiger partial charge in [0.25, 0.3) is 0 Å². The third-order valence-electron chi connectivity index (χ3n) is 6.68. The van der Waals surface area contributed by atoms with Crippen molar-refractivity contribution in [2.45, 2.75) is 38.3 Å². The van der Waals surface area contributed by atoms with Crippen LogP contribution in [-0.4, -0.2) is 93.6 Å². The molecular formula is C25H36N8O3. The lowest BCUT2D eigenvalue weighted by molar-refractivity contribution is -0.137. The van der Waals surface area contributed by atoms with E-state index >= 15 is 0 Å². The molecular weight excluding hydrogens is 460 g/mol. The second kappa shape index (κ2) is 10.8. The van der Waals surface area contributed by atoms with Crippen LogP contribution in [0.15, 0.2) is 41.3 Å². The van der Waals surface area contributed by atoms with E-state index in [0.717, 1.165) is 32.5 Å². The van der Waals surface area contributed by atoms with Crippen molar-refractivity contribution in [3.63, 3.8) is 0 Å². The van der Waals surface area contributed by atoms with Crippen LogP contribution in [0, 0.1) is 0 Å². The van der Waals surface area contributed by atoms with Gasteiger partial charge in [0.15, 0.2) is 0 Å². The second-order valence-corrected chi connectivity index (χ2v) is 10.2. The van der Waals surface area contributed by atoms with E-state index in [0.29, 0.717) is 31.9 Å². The summed E-state index contributed by atoms with van der Waals surface area (Å²) in [6.45, 7) is 7.87. The van der Waals surface area contributed by atoms with E-state index in [1.807, 2.05) is 24.3 Å². The van der Waals surface area contributed by atoms with Crippen molar-refractivity contribution in [2.24, 2.45) is 11.5 Å². The topological polar surface area (TPSA) is 143 Å². The highest BCUT2D eigenvalue weighted by molar-refractivity contribution is 5.89. The van der Waals surface area contributed by atoms with Crippen LogP contribution >= 0.6 is 0 Å². The Labute approximate surface area is 211 Å². The number of likely N-dealkylation sites (tertiary alicyclic amines) is 1. The van der Waals surface area contributed by atoms with Gasteiger partial charge in [-0.2, -0.15) is 4.98 Å². The second-order valence-electron chi connectivity index (χ2n) is 10.2. The zero-order chi connectivity index (χ0) is 25.9. The van der Waals surface area contributed by atoms with E-state index in [1.165, 1.54) is 10.1 Å². The van der Waals surface area contributed by atoms with Gasteiger partial charge in [-0.05, 0) is 57.0 Å². The average molecular weight is 497 g/mol. The quantitative estimate of drug-likeness (QED) is 0.519. The number of nitrogens with one attached hydrogen (secondary N) is 1. The van der Waals surface area contributed by atoms with Gasteiger partial charge in [-0.15, -0.1) is 0 Å². The molecule has 0 spiro atoms. The Bertz CT molecular complexity index is 1130. The smallest absolute Gasteiger partial charge is 0.338 e. The van der Waals surface area contributed by atoms with Crippen LogP contribution in [0.25, 0.3) is 5.69 Å². The molecule has 11 nitrogen and oxygen atoms in total. The number of anilines is 1. The van der Waals surface area contributed by atoms with Crippen LogP contribution in [0.4, 0.5) is 10.6 Å².